The Bertz CT molecular complexity index is 633. The Labute approximate surface area is 141 Å². The number of carbonyl (C=O) groups is 1. The van der Waals surface area contributed by atoms with Gasteiger partial charge >= 0.3 is 0 Å². The van der Waals surface area contributed by atoms with E-state index in [0.717, 1.165) is 11.3 Å². The molecule has 2 aromatic rings. The number of hydrogen-bond donors (Lipinski definition) is 1. The lowest BCUT2D eigenvalue weighted by Gasteiger charge is -2.24. The van der Waals surface area contributed by atoms with Crippen molar-refractivity contribution < 1.29 is 9.53 Å². The van der Waals surface area contributed by atoms with Gasteiger partial charge in [0, 0.05) is 4.88 Å². The van der Waals surface area contributed by atoms with E-state index >= 15 is 0 Å². The van der Waals surface area contributed by atoms with Crippen molar-refractivity contribution in [3.05, 3.63) is 52.2 Å². The Morgan fingerprint density at radius 1 is 1.30 bits per heavy atom. The summed E-state index contributed by atoms with van der Waals surface area (Å²) in [6.07, 6.45) is 5.37. The highest BCUT2D eigenvalue weighted by Crippen LogP contribution is 2.37. The fourth-order valence-electron chi connectivity index (χ4n) is 3.37. The van der Waals surface area contributed by atoms with E-state index in [-0.39, 0.29) is 11.9 Å². The van der Waals surface area contributed by atoms with Crippen LogP contribution in [0.25, 0.3) is 0 Å². The number of nitrogens with one attached hydrogen (secondary N) is 1. The van der Waals surface area contributed by atoms with Crippen LogP contribution in [0.5, 0.6) is 5.75 Å². The van der Waals surface area contributed by atoms with Crippen LogP contribution < -0.4 is 10.1 Å². The van der Waals surface area contributed by atoms with Crippen LogP contribution in [0, 0.1) is 5.92 Å². The van der Waals surface area contributed by atoms with Crippen molar-refractivity contribution in [3.63, 3.8) is 0 Å². The largest absolute Gasteiger partial charge is 0.497 e. The Balaban J connectivity index is 1.68. The van der Waals surface area contributed by atoms with E-state index in [9.17, 15) is 4.79 Å². The number of benzene rings is 1. The van der Waals surface area contributed by atoms with Crippen molar-refractivity contribution in [2.75, 3.05) is 7.11 Å². The number of ether oxygens (including phenoxy) is 1. The number of hydrogen-bond acceptors (Lipinski definition) is 3. The standard InChI is InChI=1S/C19H23NO2S/c1-22-16-9-4-6-14(12-16)13-18(21)20-19(15-7-2-3-8-15)17-10-5-11-23-17/h4-6,9-12,15,19H,2-3,7-8,13H2,1H3,(H,20,21)/t19-/m0/s1. The molecule has 1 aromatic heterocycles. The summed E-state index contributed by atoms with van der Waals surface area (Å²) in [4.78, 5) is 13.8. The molecule has 0 radical (unpaired) electrons. The molecule has 122 valence electrons. The third kappa shape index (κ3) is 4.14. The van der Waals surface area contributed by atoms with Crippen molar-refractivity contribution in [1.29, 1.82) is 0 Å². The fraction of sp³-hybridized carbons (Fsp3) is 0.421. The molecule has 1 heterocycles. The molecule has 1 aliphatic carbocycles. The zero-order chi connectivity index (χ0) is 16.1. The maximum atomic E-state index is 12.5. The molecule has 0 aliphatic heterocycles. The second kappa shape index (κ2) is 7.64. The first kappa shape index (κ1) is 16.1. The summed E-state index contributed by atoms with van der Waals surface area (Å²) in [6.45, 7) is 0. The zero-order valence-electron chi connectivity index (χ0n) is 13.5. The smallest absolute Gasteiger partial charge is 0.224 e. The van der Waals surface area contributed by atoms with Gasteiger partial charge in [-0.25, -0.2) is 0 Å². The molecule has 23 heavy (non-hydrogen) atoms. The second-order valence-electron chi connectivity index (χ2n) is 6.13. The molecule has 0 saturated heterocycles. The lowest BCUT2D eigenvalue weighted by Crippen LogP contribution is -2.33. The summed E-state index contributed by atoms with van der Waals surface area (Å²) in [6, 6.07) is 12.1. The number of carbonyl (C=O) groups excluding carboxylic acids is 1. The van der Waals surface area contributed by atoms with Crippen LogP contribution in [0.2, 0.25) is 0 Å². The van der Waals surface area contributed by atoms with Gasteiger partial charge in [0.2, 0.25) is 5.91 Å². The summed E-state index contributed by atoms with van der Waals surface area (Å²) in [5.41, 5.74) is 0.984. The molecule has 1 N–H and O–H groups in total. The Kier molecular flexibility index (Phi) is 5.34. The van der Waals surface area contributed by atoms with Crippen LogP contribution in [0.4, 0.5) is 0 Å². The average molecular weight is 329 g/mol. The molecular weight excluding hydrogens is 306 g/mol. The van der Waals surface area contributed by atoms with Crippen molar-refractivity contribution in [2.45, 2.75) is 38.1 Å². The highest BCUT2D eigenvalue weighted by atomic mass is 32.1. The van der Waals surface area contributed by atoms with Gasteiger partial charge in [-0.15, -0.1) is 11.3 Å². The summed E-state index contributed by atoms with van der Waals surface area (Å²) in [5.74, 6) is 1.45. The van der Waals surface area contributed by atoms with Crippen molar-refractivity contribution >= 4 is 17.2 Å². The van der Waals surface area contributed by atoms with Gasteiger partial charge in [0.05, 0.1) is 19.6 Å². The molecule has 3 nitrogen and oxygen atoms in total. The maximum Gasteiger partial charge on any atom is 0.224 e. The highest BCUT2D eigenvalue weighted by molar-refractivity contribution is 7.10. The third-order valence-corrected chi connectivity index (χ3v) is 5.49. The van der Waals surface area contributed by atoms with E-state index in [0.29, 0.717) is 12.3 Å². The van der Waals surface area contributed by atoms with Crippen LogP contribution >= 0.6 is 11.3 Å². The van der Waals surface area contributed by atoms with E-state index < -0.39 is 0 Å². The molecule has 0 spiro atoms. The Morgan fingerprint density at radius 3 is 2.83 bits per heavy atom. The van der Waals surface area contributed by atoms with Crippen LogP contribution in [0.15, 0.2) is 41.8 Å². The molecule has 3 rings (SSSR count). The average Bonchev–Trinajstić information content (AvgIpc) is 3.26. The SMILES string of the molecule is COc1cccc(CC(=O)N[C@H](c2cccs2)C2CCCC2)c1. The van der Waals surface area contributed by atoms with E-state index in [1.54, 1.807) is 18.4 Å². The van der Waals surface area contributed by atoms with Crippen LogP contribution in [-0.2, 0) is 11.2 Å². The molecule has 0 bridgehead atoms. The van der Waals surface area contributed by atoms with E-state index in [4.69, 9.17) is 4.74 Å². The minimum absolute atomic E-state index is 0.0866. The normalized spacial score (nSPS) is 16.2. The highest BCUT2D eigenvalue weighted by Gasteiger charge is 2.28. The minimum Gasteiger partial charge on any atom is -0.497 e. The lowest BCUT2D eigenvalue weighted by molar-refractivity contribution is -0.121. The van der Waals surface area contributed by atoms with E-state index in [2.05, 4.69) is 22.8 Å². The summed E-state index contributed by atoms with van der Waals surface area (Å²) >= 11 is 1.74. The van der Waals surface area contributed by atoms with Gasteiger partial charge in [-0.05, 0) is 47.9 Å². The molecule has 1 saturated carbocycles. The van der Waals surface area contributed by atoms with Gasteiger partial charge in [0.25, 0.3) is 0 Å². The molecule has 1 atom stereocenters. The summed E-state index contributed by atoms with van der Waals surface area (Å²) in [7, 11) is 1.64. The lowest BCUT2D eigenvalue weighted by atomic mass is 9.96. The van der Waals surface area contributed by atoms with Gasteiger partial charge in [0.1, 0.15) is 5.75 Å². The van der Waals surface area contributed by atoms with Crippen molar-refractivity contribution in [1.82, 2.24) is 5.32 Å². The van der Waals surface area contributed by atoms with Gasteiger partial charge in [0.15, 0.2) is 0 Å². The predicted octanol–water partition coefficient (Wildman–Crippen LogP) is 4.35. The number of amides is 1. The number of methoxy groups -OCH3 is 1. The molecule has 0 unspecified atom stereocenters. The first-order valence-corrected chi connectivity index (χ1v) is 9.10. The van der Waals surface area contributed by atoms with Crippen molar-refractivity contribution in [2.24, 2.45) is 5.92 Å². The van der Waals surface area contributed by atoms with Gasteiger partial charge < -0.3 is 10.1 Å². The Hall–Kier alpha value is -1.81. The van der Waals surface area contributed by atoms with Crippen LogP contribution in [-0.4, -0.2) is 13.0 Å². The first-order valence-electron chi connectivity index (χ1n) is 8.22. The summed E-state index contributed by atoms with van der Waals surface area (Å²) in [5, 5.41) is 5.37. The topological polar surface area (TPSA) is 38.3 Å². The van der Waals surface area contributed by atoms with Crippen LogP contribution in [0.3, 0.4) is 0 Å². The number of rotatable bonds is 6. The molecule has 1 aliphatic rings. The summed E-state index contributed by atoms with van der Waals surface area (Å²) < 4.78 is 5.23. The van der Waals surface area contributed by atoms with E-state index in [1.807, 2.05) is 24.3 Å². The number of thiophene rings is 1. The van der Waals surface area contributed by atoms with Crippen LogP contribution in [0.1, 0.15) is 42.2 Å². The van der Waals surface area contributed by atoms with Gasteiger partial charge in [-0.1, -0.05) is 31.0 Å². The van der Waals surface area contributed by atoms with Gasteiger partial charge in [-0.3, -0.25) is 4.79 Å². The quantitative estimate of drug-likeness (QED) is 0.856. The fourth-order valence-corrected chi connectivity index (χ4v) is 4.24. The van der Waals surface area contributed by atoms with Gasteiger partial charge in [-0.2, -0.15) is 0 Å². The second-order valence-corrected chi connectivity index (χ2v) is 7.11. The molecule has 1 fully saturated rings. The minimum atomic E-state index is 0.0866. The first-order chi connectivity index (χ1) is 11.3. The van der Waals surface area contributed by atoms with E-state index in [1.165, 1.54) is 30.6 Å². The maximum absolute atomic E-state index is 12.5. The van der Waals surface area contributed by atoms with Crippen molar-refractivity contribution in [3.8, 4) is 5.75 Å². The molecular formula is C19H23NO2S. The third-order valence-electron chi connectivity index (χ3n) is 4.54. The molecule has 1 amide bonds. The Morgan fingerprint density at radius 2 is 2.13 bits per heavy atom. The monoisotopic (exact) mass is 329 g/mol. The molecule has 4 heteroatoms. The molecule has 1 aromatic carbocycles. The predicted molar refractivity (Wildman–Crippen MR) is 93.9 cm³/mol. The zero-order valence-corrected chi connectivity index (χ0v) is 14.3.